The first kappa shape index (κ1) is 37.8. The molecule has 7 rings (SSSR count). The molecule has 1 aromatic heterocycles. The van der Waals surface area contributed by atoms with Gasteiger partial charge in [-0.15, -0.1) is 0 Å². The number of pyridine rings is 1. The van der Waals surface area contributed by atoms with E-state index in [9.17, 15) is 19.8 Å². The third kappa shape index (κ3) is 9.95. The molecule has 0 saturated carbocycles. The Balaban J connectivity index is 0.881. The molecule has 0 aliphatic carbocycles. The lowest BCUT2D eigenvalue weighted by molar-refractivity contribution is -0.0336. The second-order valence-electron chi connectivity index (χ2n) is 14.1. The molecule has 1 unspecified atom stereocenters. The second kappa shape index (κ2) is 18.7. The number of piperidine rings is 3. The molecule has 3 aliphatic rings. The fraction of sp³-hybridized carbons (Fsp3) is 0.463. The van der Waals surface area contributed by atoms with E-state index >= 15 is 0 Å². The number of H-pyrrole nitrogens is 1. The van der Waals surface area contributed by atoms with E-state index in [4.69, 9.17) is 9.47 Å². The number of benzene rings is 3. The Morgan fingerprint density at radius 2 is 1.65 bits per heavy atom. The van der Waals surface area contributed by atoms with Crippen LogP contribution in [0.4, 0.5) is 4.79 Å². The van der Waals surface area contributed by atoms with E-state index in [2.05, 4.69) is 36.4 Å². The summed E-state index contributed by atoms with van der Waals surface area (Å²) in [6, 6.07) is 21.8. The number of ether oxygens (including phenoxy) is 2. The van der Waals surface area contributed by atoms with Crippen LogP contribution in [0.5, 0.6) is 11.5 Å². The Bertz CT molecular complexity index is 1810. The van der Waals surface area contributed by atoms with Crippen LogP contribution in [0.3, 0.4) is 0 Å². The number of aliphatic hydroxyl groups excluding tert-OH is 1. The van der Waals surface area contributed by atoms with Crippen LogP contribution >= 0.6 is 15.9 Å². The number of fused-ring (bicyclic) bond motifs is 4. The molecule has 4 aromatic rings. The van der Waals surface area contributed by atoms with E-state index < -0.39 is 6.10 Å². The summed E-state index contributed by atoms with van der Waals surface area (Å²) in [6.07, 6.45) is 8.65. The van der Waals surface area contributed by atoms with E-state index in [0.29, 0.717) is 35.5 Å². The Morgan fingerprint density at radius 1 is 0.904 bits per heavy atom. The Labute approximate surface area is 314 Å². The second-order valence-corrected chi connectivity index (χ2v) is 14.9. The molecule has 3 aliphatic heterocycles. The number of hydrogen-bond acceptors (Lipinski definition) is 8. The Kier molecular flexibility index (Phi) is 13.6. The molecule has 1 amide bonds. The van der Waals surface area contributed by atoms with E-state index in [1.807, 2.05) is 48.5 Å². The van der Waals surface area contributed by atoms with Crippen molar-refractivity contribution < 1.29 is 24.5 Å². The third-order valence-electron chi connectivity index (χ3n) is 10.4. The number of carbonyl (C=O) groups is 1. The number of halogens is 1. The topological polar surface area (TPSA) is 136 Å². The molecule has 10 nitrogen and oxygen atoms in total. The number of nitrogens with zero attached hydrogens (tertiary/aromatic N) is 1. The summed E-state index contributed by atoms with van der Waals surface area (Å²) in [7, 11) is 0. The summed E-state index contributed by atoms with van der Waals surface area (Å²) < 4.78 is 13.1. The van der Waals surface area contributed by atoms with Gasteiger partial charge < -0.3 is 35.3 Å². The molecule has 11 heteroatoms. The summed E-state index contributed by atoms with van der Waals surface area (Å²) in [5.74, 6) is 1.20. The van der Waals surface area contributed by atoms with Crippen LogP contribution in [0.2, 0.25) is 0 Å². The molecule has 0 spiro atoms. The van der Waals surface area contributed by atoms with Crippen molar-refractivity contribution in [3.05, 3.63) is 104 Å². The van der Waals surface area contributed by atoms with Gasteiger partial charge in [-0.25, -0.2) is 4.79 Å². The summed E-state index contributed by atoms with van der Waals surface area (Å²) in [5.41, 5.74) is 2.62. The van der Waals surface area contributed by atoms with E-state index in [-0.39, 0.29) is 29.5 Å². The van der Waals surface area contributed by atoms with Crippen molar-refractivity contribution in [2.45, 2.75) is 76.0 Å². The summed E-state index contributed by atoms with van der Waals surface area (Å²) in [6.45, 7) is 4.84. The first-order valence-electron chi connectivity index (χ1n) is 18.8. The highest BCUT2D eigenvalue weighted by Gasteiger charge is 2.37. The Morgan fingerprint density at radius 3 is 2.40 bits per heavy atom. The van der Waals surface area contributed by atoms with Crippen LogP contribution in [-0.4, -0.2) is 71.6 Å². The summed E-state index contributed by atoms with van der Waals surface area (Å²) in [4.78, 5) is 29.9. The van der Waals surface area contributed by atoms with Crippen molar-refractivity contribution in [3.8, 4) is 11.5 Å². The van der Waals surface area contributed by atoms with Crippen molar-refractivity contribution in [2.24, 2.45) is 5.92 Å². The van der Waals surface area contributed by atoms with Gasteiger partial charge in [-0.05, 0) is 102 Å². The number of aromatic hydroxyl groups is 1. The number of hydrogen-bond donors (Lipinski definition) is 5. The minimum atomic E-state index is -0.746. The fourth-order valence-corrected chi connectivity index (χ4v) is 8.11. The molecule has 3 atom stereocenters. The van der Waals surface area contributed by atoms with Crippen molar-refractivity contribution in [3.63, 3.8) is 0 Å². The van der Waals surface area contributed by atoms with Gasteiger partial charge in [0, 0.05) is 24.5 Å². The molecule has 4 heterocycles. The first-order valence-corrected chi connectivity index (χ1v) is 19.6. The van der Waals surface area contributed by atoms with Crippen LogP contribution in [0.25, 0.3) is 10.9 Å². The monoisotopic (exact) mass is 774 g/mol. The van der Waals surface area contributed by atoms with Gasteiger partial charge in [0.15, 0.2) is 0 Å². The van der Waals surface area contributed by atoms with Crippen LogP contribution in [-0.2, 0) is 4.74 Å². The minimum absolute atomic E-state index is 0.0107. The molecule has 3 fully saturated rings. The number of rotatable bonds is 18. The number of phenols is 1. The van der Waals surface area contributed by atoms with E-state index in [0.717, 1.165) is 98.9 Å². The number of aromatic amines is 1. The smallest absolute Gasteiger partial charge is 0.408 e. The highest BCUT2D eigenvalue weighted by atomic mass is 79.9. The van der Waals surface area contributed by atoms with Crippen molar-refractivity contribution in [1.82, 2.24) is 20.5 Å². The number of phenolic OH excluding ortho intramolecular Hbond substituents is 1. The molecular formula is C41H51BrN4O6. The average Bonchev–Trinajstić information content (AvgIpc) is 3.16. The maximum Gasteiger partial charge on any atom is 0.408 e. The SMILES string of the molecule is O=C(NC(c1ccccc1)c1cccc(OCCCCCCCCCNC[C@@H](O)c2ccc(O)c3[nH]c(=O)ccc23)c1Br)O[C@H]1CN2CCC1CC2. The van der Waals surface area contributed by atoms with Gasteiger partial charge in [-0.1, -0.05) is 80.6 Å². The number of nitrogens with one attached hydrogen (secondary N) is 3. The maximum absolute atomic E-state index is 13.2. The minimum Gasteiger partial charge on any atom is -0.506 e. The lowest BCUT2D eigenvalue weighted by atomic mass is 9.86. The number of unbranched alkanes of at least 4 members (excludes halogenated alkanes) is 6. The molecule has 278 valence electrons. The van der Waals surface area contributed by atoms with Gasteiger partial charge in [0.05, 0.1) is 28.7 Å². The van der Waals surface area contributed by atoms with Gasteiger partial charge in [-0.2, -0.15) is 0 Å². The lowest BCUT2D eigenvalue weighted by Gasteiger charge is -2.43. The van der Waals surface area contributed by atoms with Gasteiger partial charge in [0.1, 0.15) is 17.6 Å². The van der Waals surface area contributed by atoms with E-state index in [1.165, 1.54) is 18.6 Å². The van der Waals surface area contributed by atoms with Crippen LogP contribution < -0.4 is 20.9 Å². The van der Waals surface area contributed by atoms with Crippen LogP contribution in [0, 0.1) is 5.92 Å². The zero-order chi connectivity index (χ0) is 36.3. The maximum atomic E-state index is 13.2. The van der Waals surface area contributed by atoms with Gasteiger partial charge >= 0.3 is 6.09 Å². The molecule has 3 saturated heterocycles. The van der Waals surface area contributed by atoms with Crippen molar-refractivity contribution >= 4 is 32.9 Å². The van der Waals surface area contributed by atoms with E-state index in [1.54, 1.807) is 12.1 Å². The molecule has 52 heavy (non-hydrogen) atoms. The zero-order valence-corrected chi connectivity index (χ0v) is 31.3. The quantitative estimate of drug-likeness (QED) is 0.0663. The largest absolute Gasteiger partial charge is 0.506 e. The summed E-state index contributed by atoms with van der Waals surface area (Å²) in [5, 5.41) is 27.9. The Hall–Kier alpha value is -3.90. The third-order valence-corrected chi connectivity index (χ3v) is 11.3. The lowest BCUT2D eigenvalue weighted by Crippen LogP contribution is -2.52. The number of aliphatic hydroxyl groups is 1. The number of alkyl carbamates (subject to hydrolysis) is 1. The van der Waals surface area contributed by atoms with Gasteiger partial charge in [-0.3, -0.25) is 9.69 Å². The molecule has 2 bridgehead atoms. The standard InChI is InChI=1S/C41H51BrN4O6/c42-38-32(39(29-12-7-6-8-13-29)45-41(50)52-36-27-46-23-20-28(36)21-24-46)14-11-15-35(38)51-25-10-5-3-1-2-4-9-22-43-26-34(48)30-16-18-33(47)40-31(30)17-19-37(49)44-40/h6-8,11-19,28,34,36,39,43,47-48H,1-5,9-10,20-27H2,(H,44,49)(H,45,50)/t34-,36+,39?/m1/s1. The number of carbonyl (C=O) groups excluding carboxylic acids is 1. The van der Waals surface area contributed by atoms with Gasteiger partial charge in [0.25, 0.3) is 0 Å². The summed E-state index contributed by atoms with van der Waals surface area (Å²) >= 11 is 3.79. The number of aromatic nitrogens is 1. The zero-order valence-electron chi connectivity index (χ0n) is 29.7. The molecular weight excluding hydrogens is 724 g/mol. The van der Waals surface area contributed by atoms with Crippen LogP contribution in [0.15, 0.2) is 82.1 Å². The highest BCUT2D eigenvalue weighted by Crippen LogP contribution is 2.36. The predicted octanol–water partition coefficient (Wildman–Crippen LogP) is 7.34. The molecule has 3 aromatic carbocycles. The fourth-order valence-electron chi connectivity index (χ4n) is 7.50. The average molecular weight is 776 g/mol. The van der Waals surface area contributed by atoms with Crippen molar-refractivity contribution in [2.75, 3.05) is 39.3 Å². The highest BCUT2D eigenvalue weighted by molar-refractivity contribution is 9.10. The van der Waals surface area contributed by atoms with Crippen molar-refractivity contribution in [1.29, 1.82) is 0 Å². The number of amides is 1. The first-order chi connectivity index (χ1) is 25.4. The molecule has 5 N–H and O–H groups in total. The normalized spacial score (nSPS) is 19.3. The molecule has 0 radical (unpaired) electrons. The van der Waals surface area contributed by atoms with Crippen LogP contribution in [0.1, 0.15) is 86.6 Å². The van der Waals surface area contributed by atoms with Gasteiger partial charge in [0.2, 0.25) is 5.56 Å². The predicted molar refractivity (Wildman–Crippen MR) is 207 cm³/mol.